The van der Waals surface area contributed by atoms with E-state index in [1.807, 2.05) is 0 Å². The molecule has 0 amide bonds. The molecular weight excluding hydrogens is 477 g/mol. The quantitative estimate of drug-likeness (QED) is 0.630. The number of alkyl halides is 3. The van der Waals surface area contributed by atoms with Crippen LogP contribution >= 0.6 is 15.9 Å². The Hall–Kier alpha value is -1.15. The smallest absolute Gasteiger partial charge is 0.406 e. The number of nitrogens with one attached hydrogen (secondary N) is 1. The van der Waals surface area contributed by atoms with Crippen molar-refractivity contribution in [3.05, 3.63) is 34.7 Å². The summed E-state index contributed by atoms with van der Waals surface area (Å²) in [7, 11) is -7.58. The molecule has 1 atom stereocenters. The first-order valence-corrected chi connectivity index (χ1v) is 11.3. The molecule has 1 N–H and O–H groups in total. The Balaban J connectivity index is 2.11. The van der Waals surface area contributed by atoms with Crippen LogP contribution in [0.5, 0.6) is 5.75 Å². The van der Waals surface area contributed by atoms with Gasteiger partial charge in [-0.3, -0.25) is 0 Å². The molecule has 1 saturated heterocycles. The summed E-state index contributed by atoms with van der Waals surface area (Å²) in [6.07, 6.45) is -4.45. The van der Waals surface area contributed by atoms with E-state index in [9.17, 15) is 30.0 Å². The summed E-state index contributed by atoms with van der Waals surface area (Å²) in [6, 6.07) is 2.86. The van der Waals surface area contributed by atoms with Crippen LogP contribution in [0.1, 0.15) is 6.42 Å². The van der Waals surface area contributed by atoms with Crippen LogP contribution in [0.25, 0.3) is 0 Å². The Bertz CT molecular complexity index is 919. The molecule has 0 radical (unpaired) electrons. The maximum absolute atomic E-state index is 12.7. The van der Waals surface area contributed by atoms with Crippen LogP contribution in [0.4, 0.5) is 13.2 Å². The van der Waals surface area contributed by atoms with Crippen LogP contribution in [-0.4, -0.2) is 47.1 Å². The van der Waals surface area contributed by atoms with E-state index in [4.69, 9.17) is 0 Å². The fourth-order valence-electron chi connectivity index (χ4n) is 2.50. The fraction of sp³-hybridized carbons (Fsp3) is 0.429. The van der Waals surface area contributed by atoms with Gasteiger partial charge in [-0.2, -0.15) is 4.31 Å². The van der Waals surface area contributed by atoms with Crippen molar-refractivity contribution >= 4 is 36.0 Å². The maximum atomic E-state index is 12.7. The third-order valence-electron chi connectivity index (χ3n) is 3.80. The van der Waals surface area contributed by atoms with E-state index in [1.54, 1.807) is 0 Å². The topological polar surface area (TPSA) is 92.8 Å². The molecule has 7 nitrogen and oxygen atoms in total. The Morgan fingerprint density at radius 3 is 2.56 bits per heavy atom. The third kappa shape index (κ3) is 5.91. The normalized spacial score (nSPS) is 19.2. The standard InChI is InChI=1S/C14H16BrF3N2O5S2/c1-2-26(21,22)19-8-10-5-6-20(9-10)27(23,24)13-4-3-11(7-12(13)15)25-14(16,17)18/h2-4,7,10,19H,1,5-6,8-9H2/t10-/m1/s1. The van der Waals surface area contributed by atoms with Crippen molar-refractivity contribution in [3.63, 3.8) is 0 Å². The molecule has 1 aliphatic heterocycles. The van der Waals surface area contributed by atoms with Gasteiger partial charge >= 0.3 is 6.36 Å². The van der Waals surface area contributed by atoms with Gasteiger partial charge in [-0.25, -0.2) is 21.6 Å². The fourth-order valence-corrected chi connectivity index (χ4v) is 5.64. The van der Waals surface area contributed by atoms with Crippen LogP contribution in [0.3, 0.4) is 0 Å². The predicted molar refractivity (Wildman–Crippen MR) is 94.8 cm³/mol. The van der Waals surface area contributed by atoms with Gasteiger partial charge in [-0.15, -0.1) is 13.2 Å². The van der Waals surface area contributed by atoms with E-state index in [0.29, 0.717) is 6.42 Å². The van der Waals surface area contributed by atoms with E-state index in [1.165, 1.54) is 0 Å². The van der Waals surface area contributed by atoms with Crippen LogP contribution < -0.4 is 9.46 Å². The number of ether oxygens (including phenoxy) is 1. The van der Waals surface area contributed by atoms with Crippen LogP contribution in [0.15, 0.2) is 39.6 Å². The Morgan fingerprint density at radius 1 is 1.33 bits per heavy atom. The summed E-state index contributed by atoms with van der Waals surface area (Å²) in [5.41, 5.74) is 0. The van der Waals surface area contributed by atoms with Gasteiger partial charge in [0.15, 0.2) is 0 Å². The lowest BCUT2D eigenvalue weighted by Crippen LogP contribution is -2.32. The number of hydrogen-bond acceptors (Lipinski definition) is 5. The minimum absolute atomic E-state index is 0.0555. The van der Waals surface area contributed by atoms with Crippen molar-refractivity contribution < 1.29 is 34.7 Å². The summed E-state index contributed by atoms with van der Waals surface area (Å²) in [4.78, 5) is -0.204. The van der Waals surface area contributed by atoms with Gasteiger partial charge in [-0.1, -0.05) is 6.58 Å². The van der Waals surface area contributed by atoms with Crippen molar-refractivity contribution in [1.82, 2.24) is 9.03 Å². The molecule has 152 valence electrons. The van der Waals surface area contributed by atoms with Crippen LogP contribution in [0.2, 0.25) is 0 Å². The van der Waals surface area contributed by atoms with Gasteiger partial charge in [0, 0.05) is 29.5 Å². The highest BCUT2D eigenvalue weighted by Gasteiger charge is 2.35. The predicted octanol–water partition coefficient (Wildman–Crippen LogP) is 2.42. The van der Waals surface area contributed by atoms with Gasteiger partial charge in [0.25, 0.3) is 0 Å². The molecule has 0 saturated carbocycles. The average Bonchev–Trinajstić information content (AvgIpc) is 3.01. The molecule has 1 aliphatic rings. The lowest BCUT2D eigenvalue weighted by atomic mass is 10.1. The van der Waals surface area contributed by atoms with E-state index < -0.39 is 32.2 Å². The summed E-state index contributed by atoms with van der Waals surface area (Å²) < 4.78 is 92.1. The van der Waals surface area contributed by atoms with Crippen LogP contribution in [-0.2, 0) is 20.0 Å². The maximum Gasteiger partial charge on any atom is 0.573 e. The molecule has 2 rings (SSSR count). The number of nitrogens with zero attached hydrogens (tertiary/aromatic N) is 1. The summed E-state index contributed by atoms with van der Waals surface area (Å²) >= 11 is 2.96. The number of hydrogen-bond donors (Lipinski definition) is 1. The van der Waals surface area contributed by atoms with Gasteiger partial charge in [0.1, 0.15) is 5.75 Å². The van der Waals surface area contributed by atoms with Gasteiger partial charge < -0.3 is 4.74 Å². The summed E-state index contributed by atoms with van der Waals surface area (Å²) in [6.45, 7) is 3.46. The van der Waals surface area contributed by atoms with Crippen molar-refractivity contribution in [2.24, 2.45) is 5.92 Å². The van der Waals surface area contributed by atoms with Gasteiger partial charge in [0.2, 0.25) is 20.0 Å². The van der Waals surface area contributed by atoms with Gasteiger partial charge in [0.05, 0.1) is 4.90 Å². The molecule has 1 fully saturated rings. The zero-order chi connectivity index (χ0) is 20.5. The van der Waals surface area contributed by atoms with Crippen molar-refractivity contribution in [1.29, 1.82) is 0 Å². The van der Waals surface area contributed by atoms with E-state index >= 15 is 0 Å². The van der Waals surface area contributed by atoms with Gasteiger partial charge in [-0.05, 0) is 46.5 Å². The minimum atomic E-state index is -4.89. The molecule has 13 heteroatoms. The number of benzene rings is 1. The minimum Gasteiger partial charge on any atom is -0.406 e. The Kier molecular flexibility index (Phi) is 6.62. The summed E-state index contributed by atoms with van der Waals surface area (Å²) in [5, 5.41) is 0.762. The first-order valence-electron chi connectivity index (χ1n) is 7.51. The monoisotopic (exact) mass is 492 g/mol. The highest BCUT2D eigenvalue weighted by atomic mass is 79.9. The lowest BCUT2D eigenvalue weighted by molar-refractivity contribution is -0.274. The third-order valence-corrected chi connectivity index (χ3v) is 7.65. The second kappa shape index (κ2) is 8.07. The molecule has 1 aromatic carbocycles. The molecular formula is C14H16BrF3N2O5S2. The van der Waals surface area contributed by atoms with Crippen LogP contribution in [0, 0.1) is 5.92 Å². The Morgan fingerprint density at radius 2 is 2.00 bits per heavy atom. The zero-order valence-corrected chi connectivity index (χ0v) is 17.0. The molecule has 1 heterocycles. The Labute approximate surface area is 163 Å². The first-order chi connectivity index (χ1) is 12.3. The summed E-state index contributed by atoms with van der Waals surface area (Å²) in [5.74, 6) is -0.785. The molecule has 1 aromatic rings. The second-order valence-electron chi connectivity index (χ2n) is 5.72. The zero-order valence-electron chi connectivity index (χ0n) is 13.7. The second-order valence-corrected chi connectivity index (χ2v) is 10.2. The highest BCUT2D eigenvalue weighted by Crippen LogP contribution is 2.33. The molecule has 0 bridgehead atoms. The van der Waals surface area contributed by atoms with Crippen molar-refractivity contribution in [3.8, 4) is 5.75 Å². The molecule has 27 heavy (non-hydrogen) atoms. The molecule has 0 unspecified atom stereocenters. The number of halogens is 4. The SMILES string of the molecule is C=CS(=O)(=O)NC[C@H]1CCN(S(=O)(=O)c2ccc(OC(F)(F)F)cc2Br)C1. The van der Waals surface area contributed by atoms with E-state index in [-0.39, 0.29) is 34.9 Å². The first kappa shape index (κ1) is 22.1. The van der Waals surface area contributed by atoms with Crippen molar-refractivity contribution in [2.75, 3.05) is 19.6 Å². The van der Waals surface area contributed by atoms with E-state index in [0.717, 1.165) is 27.9 Å². The number of rotatable bonds is 7. The largest absolute Gasteiger partial charge is 0.573 e. The van der Waals surface area contributed by atoms with Crippen molar-refractivity contribution in [2.45, 2.75) is 17.7 Å². The lowest BCUT2D eigenvalue weighted by Gasteiger charge is -2.18. The molecule has 0 aromatic heterocycles. The molecule has 0 aliphatic carbocycles. The average molecular weight is 493 g/mol. The number of sulfonamides is 2. The molecule has 0 spiro atoms. The highest BCUT2D eigenvalue weighted by molar-refractivity contribution is 9.10. The van der Waals surface area contributed by atoms with E-state index in [2.05, 4.69) is 32.0 Å².